The first-order valence-electron chi connectivity index (χ1n) is 10.6. The molecular weight excluding hydrogens is 474 g/mol. The Kier molecular flexibility index (Phi) is 6.20. The smallest absolute Gasteiger partial charge is 0.271 e. The summed E-state index contributed by atoms with van der Waals surface area (Å²) in [4.78, 5) is 19.0. The third-order valence-corrected chi connectivity index (χ3v) is 9.36. The van der Waals surface area contributed by atoms with E-state index in [1.165, 1.54) is 4.88 Å². The largest absolute Gasteiger partial charge is 0.336 e. The lowest BCUT2D eigenvalue weighted by Gasteiger charge is -2.35. The fourth-order valence-electron chi connectivity index (χ4n) is 4.02. The Balaban J connectivity index is 1.40. The molecule has 1 amide bonds. The lowest BCUT2D eigenvalue weighted by Crippen LogP contribution is -2.48. The van der Waals surface area contributed by atoms with Crippen LogP contribution in [-0.2, 0) is 16.6 Å². The van der Waals surface area contributed by atoms with E-state index < -0.39 is 10.0 Å². The summed E-state index contributed by atoms with van der Waals surface area (Å²) in [7, 11) is -3.77. The van der Waals surface area contributed by atoms with Crippen molar-refractivity contribution in [2.75, 3.05) is 30.9 Å². The summed E-state index contributed by atoms with van der Waals surface area (Å²) in [6.07, 6.45) is 0. The van der Waals surface area contributed by atoms with E-state index in [1.807, 2.05) is 29.2 Å². The molecule has 0 radical (unpaired) electrons. The summed E-state index contributed by atoms with van der Waals surface area (Å²) in [5, 5.41) is 5.57. The van der Waals surface area contributed by atoms with Crippen LogP contribution in [0.1, 0.15) is 15.2 Å². The highest BCUT2D eigenvalue weighted by Crippen LogP contribution is 2.29. The van der Waals surface area contributed by atoms with Gasteiger partial charge in [-0.2, -0.15) is 0 Å². The maximum absolute atomic E-state index is 13.5. The van der Waals surface area contributed by atoms with Crippen molar-refractivity contribution in [3.05, 3.63) is 81.9 Å². The number of rotatable bonds is 6. The number of thiophene rings is 2. The Labute approximate surface area is 201 Å². The van der Waals surface area contributed by atoms with Crippen LogP contribution >= 0.6 is 22.7 Å². The molecule has 5 rings (SSSR count). The molecule has 4 aromatic rings. The molecule has 0 spiro atoms. The normalized spacial score (nSPS) is 15.1. The highest BCUT2D eigenvalue weighted by atomic mass is 32.2. The molecule has 0 unspecified atom stereocenters. The maximum Gasteiger partial charge on any atom is 0.271 e. The minimum Gasteiger partial charge on any atom is -0.336 e. The maximum atomic E-state index is 13.5. The number of benzene rings is 2. The Morgan fingerprint density at radius 2 is 1.58 bits per heavy atom. The zero-order valence-corrected chi connectivity index (χ0v) is 20.3. The lowest BCUT2D eigenvalue weighted by atomic mass is 10.0. The van der Waals surface area contributed by atoms with Gasteiger partial charge in [0.1, 0.15) is 4.21 Å². The number of nitrogens with zero attached hydrogens (tertiary/aromatic N) is 2. The Hall–Kier alpha value is -2.72. The number of amides is 1. The fraction of sp³-hybridized carbons (Fsp3) is 0.208. The minimum atomic E-state index is -3.77. The van der Waals surface area contributed by atoms with Gasteiger partial charge in [0.05, 0.1) is 11.3 Å². The van der Waals surface area contributed by atoms with Crippen molar-refractivity contribution < 1.29 is 13.2 Å². The number of fused-ring (bicyclic) bond motifs is 1. The Morgan fingerprint density at radius 3 is 2.24 bits per heavy atom. The van der Waals surface area contributed by atoms with E-state index >= 15 is 0 Å². The van der Waals surface area contributed by atoms with Crippen LogP contribution in [0.25, 0.3) is 10.8 Å². The van der Waals surface area contributed by atoms with Crippen molar-refractivity contribution in [3.8, 4) is 0 Å². The quantitative estimate of drug-likeness (QED) is 0.418. The van der Waals surface area contributed by atoms with Gasteiger partial charge in [0.15, 0.2) is 0 Å². The van der Waals surface area contributed by atoms with E-state index in [0.717, 1.165) is 41.7 Å². The molecule has 0 aliphatic carbocycles. The number of sulfonamides is 1. The molecule has 3 heterocycles. The van der Waals surface area contributed by atoms with Gasteiger partial charge in [-0.15, -0.1) is 22.7 Å². The van der Waals surface area contributed by atoms with Crippen molar-refractivity contribution in [1.82, 2.24) is 9.80 Å². The van der Waals surface area contributed by atoms with E-state index in [1.54, 1.807) is 41.0 Å². The molecule has 2 aromatic carbocycles. The predicted molar refractivity (Wildman–Crippen MR) is 135 cm³/mol. The van der Waals surface area contributed by atoms with Crippen molar-refractivity contribution in [1.29, 1.82) is 0 Å². The third kappa shape index (κ3) is 4.81. The summed E-state index contributed by atoms with van der Waals surface area (Å²) >= 11 is 2.89. The van der Waals surface area contributed by atoms with Gasteiger partial charge in [0.2, 0.25) is 0 Å². The number of hydrogen-bond donors (Lipinski definition) is 1. The topological polar surface area (TPSA) is 69.7 Å². The number of carbonyl (C=O) groups excluding carboxylic acids is 1. The SMILES string of the molecule is O=C(c1cc2ccccc2cc1NS(=O)(=O)c1cccs1)N1CCN(Cc2cccs2)CC1. The lowest BCUT2D eigenvalue weighted by molar-refractivity contribution is 0.0631. The monoisotopic (exact) mass is 497 g/mol. The molecule has 2 aromatic heterocycles. The summed E-state index contributed by atoms with van der Waals surface area (Å²) in [5.41, 5.74) is 0.689. The van der Waals surface area contributed by atoms with E-state index in [9.17, 15) is 13.2 Å². The molecule has 170 valence electrons. The van der Waals surface area contributed by atoms with Crippen LogP contribution in [0.4, 0.5) is 5.69 Å². The molecule has 1 aliphatic rings. The standard InChI is InChI=1S/C24H23N3O3S3/c28-24(27-11-9-26(10-12-27)17-20-7-3-13-31-20)21-15-18-5-1-2-6-19(18)16-22(21)25-33(29,30)23-8-4-14-32-23/h1-8,13-16,25H,9-12,17H2. The first kappa shape index (κ1) is 22.1. The molecule has 33 heavy (non-hydrogen) atoms. The van der Waals surface area contributed by atoms with E-state index in [0.29, 0.717) is 24.3 Å². The first-order valence-corrected chi connectivity index (χ1v) is 13.9. The van der Waals surface area contributed by atoms with Gasteiger partial charge in [-0.05, 0) is 45.8 Å². The van der Waals surface area contributed by atoms with Crippen LogP contribution in [0.15, 0.2) is 75.6 Å². The predicted octanol–water partition coefficient (Wildman–Crippen LogP) is 4.72. The van der Waals surface area contributed by atoms with E-state index in [4.69, 9.17) is 0 Å². The van der Waals surface area contributed by atoms with Crippen molar-refractivity contribution in [2.45, 2.75) is 10.8 Å². The second-order valence-corrected chi connectivity index (χ2v) is 11.8. The van der Waals surface area contributed by atoms with Crippen LogP contribution in [0.5, 0.6) is 0 Å². The molecule has 0 atom stereocenters. The van der Waals surface area contributed by atoms with Crippen molar-refractivity contribution in [2.24, 2.45) is 0 Å². The number of anilines is 1. The number of carbonyl (C=O) groups is 1. The summed E-state index contributed by atoms with van der Waals surface area (Å²) < 4.78 is 28.7. The molecule has 0 bridgehead atoms. The second kappa shape index (κ2) is 9.26. The molecular formula is C24H23N3O3S3. The van der Waals surface area contributed by atoms with Gasteiger partial charge in [0, 0.05) is 37.6 Å². The van der Waals surface area contributed by atoms with Gasteiger partial charge >= 0.3 is 0 Å². The van der Waals surface area contributed by atoms with Crippen molar-refractivity contribution >= 4 is 55.1 Å². The molecule has 1 fully saturated rings. The van der Waals surface area contributed by atoms with Crippen molar-refractivity contribution in [3.63, 3.8) is 0 Å². The average molecular weight is 498 g/mol. The molecule has 1 N–H and O–H groups in total. The van der Waals surface area contributed by atoms with Gasteiger partial charge in [-0.3, -0.25) is 14.4 Å². The summed E-state index contributed by atoms with van der Waals surface area (Å²) in [6, 6.07) is 18.6. The van der Waals surface area contributed by atoms with Gasteiger partial charge < -0.3 is 4.90 Å². The molecule has 1 saturated heterocycles. The first-order chi connectivity index (χ1) is 16.0. The van der Waals surface area contributed by atoms with Gasteiger partial charge in [-0.25, -0.2) is 8.42 Å². The third-order valence-electron chi connectivity index (χ3n) is 5.74. The van der Waals surface area contributed by atoms with Gasteiger partial charge in [-0.1, -0.05) is 36.4 Å². The molecule has 1 aliphatic heterocycles. The number of nitrogens with one attached hydrogen (secondary N) is 1. The van der Waals surface area contributed by atoms with Crippen LogP contribution in [0, 0.1) is 0 Å². The zero-order valence-electron chi connectivity index (χ0n) is 17.8. The Morgan fingerprint density at radius 1 is 0.879 bits per heavy atom. The van der Waals surface area contributed by atoms with Gasteiger partial charge in [0.25, 0.3) is 15.9 Å². The zero-order chi connectivity index (χ0) is 22.8. The fourth-order valence-corrected chi connectivity index (χ4v) is 6.83. The van der Waals surface area contributed by atoms with Crippen LogP contribution in [0.2, 0.25) is 0 Å². The van der Waals surface area contributed by atoms with Crippen LogP contribution in [-0.4, -0.2) is 50.3 Å². The highest BCUT2D eigenvalue weighted by Gasteiger charge is 2.26. The number of hydrogen-bond acceptors (Lipinski definition) is 6. The molecule has 9 heteroatoms. The summed E-state index contributed by atoms with van der Waals surface area (Å²) in [6.45, 7) is 3.67. The van der Waals surface area contributed by atoms with E-state index in [-0.39, 0.29) is 10.1 Å². The van der Waals surface area contributed by atoms with Crippen LogP contribution in [0.3, 0.4) is 0 Å². The minimum absolute atomic E-state index is 0.152. The molecule has 0 saturated carbocycles. The Bertz CT molecular complexity index is 1360. The average Bonchev–Trinajstić information content (AvgIpc) is 3.53. The highest BCUT2D eigenvalue weighted by molar-refractivity contribution is 7.94. The number of piperazine rings is 1. The second-order valence-electron chi connectivity index (χ2n) is 7.93. The van der Waals surface area contributed by atoms with E-state index in [2.05, 4.69) is 27.1 Å². The summed E-state index contributed by atoms with van der Waals surface area (Å²) in [5.74, 6) is -0.152. The van der Waals surface area contributed by atoms with Crippen LogP contribution < -0.4 is 4.72 Å². The molecule has 6 nitrogen and oxygen atoms in total.